The van der Waals surface area contributed by atoms with Crippen LogP contribution in [0.4, 0.5) is 11.5 Å². The molecule has 158 valence electrons. The molecular weight excluding hydrogens is 441 g/mol. The van der Waals surface area contributed by atoms with Gasteiger partial charge in [0.05, 0.1) is 4.90 Å². The number of hydrogen-bond donors (Lipinski definition) is 1. The molecule has 0 aliphatic rings. The molecule has 0 bridgehead atoms. The molecule has 0 spiro atoms. The number of sulfonamides is 1. The van der Waals surface area contributed by atoms with Gasteiger partial charge in [0.2, 0.25) is 15.9 Å². The maximum absolute atomic E-state index is 12.4. The molecular formula is C17H21Cl2N5O4S. The number of amides is 1. The Morgan fingerprint density at radius 1 is 1.17 bits per heavy atom. The first-order valence-electron chi connectivity index (χ1n) is 8.32. The molecule has 0 radical (unpaired) electrons. The van der Waals surface area contributed by atoms with E-state index < -0.39 is 28.0 Å². The number of aromatic nitrogens is 2. The number of carbonyl (C=O) groups excluding carboxylic acids is 1. The third-order valence-electron chi connectivity index (χ3n) is 3.97. The van der Waals surface area contributed by atoms with Crippen LogP contribution in [-0.2, 0) is 21.4 Å². The van der Waals surface area contributed by atoms with Crippen molar-refractivity contribution in [1.82, 2.24) is 14.1 Å². The van der Waals surface area contributed by atoms with Crippen LogP contribution >= 0.6 is 23.2 Å². The molecule has 0 saturated heterocycles. The number of nitrogens with one attached hydrogen (secondary N) is 1. The molecule has 0 aliphatic carbocycles. The lowest BCUT2D eigenvalue weighted by molar-refractivity contribution is -0.117. The van der Waals surface area contributed by atoms with Crippen molar-refractivity contribution >= 4 is 50.6 Å². The predicted molar refractivity (Wildman–Crippen MR) is 114 cm³/mol. The van der Waals surface area contributed by atoms with Gasteiger partial charge in [0, 0.05) is 33.9 Å². The lowest BCUT2D eigenvalue weighted by Gasteiger charge is -2.16. The standard InChI is InChI=1S/C17H21Cl2N5O4S/c1-10-6-7-11(8-12(10)29(27,28)23(4)5)20-13(25)9-24-17(26)15(19)14(18)16(21-24)22(2)3/h6-8H,9H2,1-5H3,(H,20,25). The molecule has 0 unspecified atom stereocenters. The van der Waals surface area contributed by atoms with E-state index in [0.29, 0.717) is 5.56 Å². The molecule has 2 aromatic rings. The summed E-state index contributed by atoms with van der Waals surface area (Å²) in [5.41, 5.74) is 0.0915. The van der Waals surface area contributed by atoms with E-state index in [1.807, 2.05) is 0 Å². The van der Waals surface area contributed by atoms with E-state index in [-0.39, 0.29) is 26.4 Å². The molecule has 1 N–H and O–H groups in total. The Morgan fingerprint density at radius 2 is 1.79 bits per heavy atom. The highest BCUT2D eigenvalue weighted by molar-refractivity contribution is 7.89. The van der Waals surface area contributed by atoms with Crippen LogP contribution in [0.3, 0.4) is 0 Å². The number of hydrogen-bond acceptors (Lipinski definition) is 6. The van der Waals surface area contributed by atoms with Gasteiger partial charge in [-0.15, -0.1) is 5.10 Å². The first kappa shape index (κ1) is 23.1. The molecule has 0 aliphatic heterocycles. The van der Waals surface area contributed by atoms with Crippen LogP contribution in [0.2, 0.25) is 10.0 Å². The van der Waals surface area contributed by atoms with Crippen LogP contribution in [0.1, 0.15) is 5.56 Å². The van der Waals surface area contributed by atoms with E-state index in [9.17, 15) is 18.0 Å². The quantitative estimate of drug-likeness (QED) is 0.702. The fourth-order valence-corrected chi connectivity index (χ4v) is 4.00. The van der Waals surface area contributed by atoms with Crippen molar-refractivity contribution in [2.45, 2.75) is 18.4 Å². The summed E-state index contributed by atoms with van der Waals surface area (Å²) in [4.78, 5) is 26.3. The summed E-state index contributed by atoms with van der Waals surface area (Å²) in [5.74, 6) is -0.349. The average Bonchev–Trinajstić information content (AvgIpc) is 2.63. The molecule has 0 saturated carbocycles. The normalized spacial score (nSPS) is 11.6. The fraction of sp³-hybridized carbons (Fsp3) is 0.353. The van der Waals surface area contributed by atoms with Crippen molar-refractivity contribution in [2.24, 2.45) is 0 Å². The highest BCUT2D eigenvalue weighted by Crippen LogP contribution is 2.26. The summed E-state index contributed by atoms with van der Waals surface area (Å²) in [6.45, 7) is 1.23. The zero-order valence-electron chi connectivity index (χ0n) is 16.5. The molecule has 9 nitrogen and oxygen atoms in total. The largest absolute Gasteiger partial charge is 0.360 e. The SMILES string of the molecule is Cc1ccc(NC(=O)Cn2nc(N(C)C)c(Cl)c(Cl)c2=O)cc1S(=O)(=O)N(C)C. The molecule has 1 heterocycles. The second-order valence-electron chi connectivity index (χ2n) is 6.62. The van der Waals surface area contributed by atoms with Crippen LogP contribution in [0, 0.1) is 6.92 Å². The Morgan fingerprint density at radius 3 is 2.34 bits per heavy atom. The third-order valence-corrected chi connectivity index (χ3v) is 6.74. The molecule has 0 fully saturated rings. The van der Waals surface area contributed by atoms with Crippen molar-refractivity contribution in [3.05, 3.63) is 44.2 Å². The maximum Gasteiger partial charge on any atom is 0.287 e. The average molecular weight is 462 g/mol. The van der Waals surface area contributed by atoms with Crippen molar-refractivity contribution in [3.8, 4) is 0 Å². The topological polar surface area (TPSA) is 105 Å². The Labute approximate surface area is 178 Å². The van der Waals surface area contributed by atoms with E-state index >= 15 is 0 Å². The van der Waals surface area contributed by atoms with E-state index in [0.717, 1.165) is 8.99 Å². The van der Waals surface area contributed by atoms with Gasteiger partial charge in [-0.2, -0.15) is 0 Å². The van der Waals surface area contributed by atoms with Gasteiger partial charge in [-0.25, -0.2) is 17.4 Å². The highest BCUT2D eigenvalue weighted by Gasteiger charge is 2.21. The number of rotatable bonds is 6. The van der Waals surface area contributed by atoms with Crippen molar-refractivity contribution in [3.63, 3.8) is 0 Å². The van der Waals surface area contributed by atoms with E-state index in [1.165, 1.54) is 20.2 Å². The van der Waals surface area contributed by atoms with Crippen molar-refractivity contribution in [1.29, 1.82) is 0 Å². The summed E-state index contributed by atoms with van der Waals surface area (Å²) >= 11 is 12.0. The van der Waals surface area contributed by atoms with Crippen LogP contribution in [-0.4, -0.2) is 56.6 Å². The molecule has 12 heteroatoms. The predicted octanol–water partition coefficient (Wildman–Crippen LogP) is 1.81. The summed E-state index contributed by atoms with van der Waals surface area (Å²) in [5, 5.41) is 6.38. The Kier molecular flexibility index (Phi) is 6.94. The first-order chi connectivity index (χ1) is 13.4. The number of anilines is 2. The van der Waals surface area contributed by atoms with Gasteiger partial charge in [0.1, 0.15) is 16.6 Å². The minimum atomic E-state index is -3.68. The second kappa shape index (κ2) is 8.70. The fourth-order valence-electron chi connectivity index (χ4n) is 2.39. The van der Waals surface area contributed by atoms with E-state index in [2.05, 4.69) is 10.4 Å². The Hall–Kier alpha value is -2.14. The number of carbonyl (C=O) groups is 1. The molecule has 2 rings (SSSR count). The lowest BCUT2D eigenvalue weighted by Crippen LogP contribution is -2.32. The molecule has 1 aromatic carbocycles. The third kappa shape index (κ3) is 4.89. The summed E-state index contributed by atoms with van der Waals surface area (Å²) < 4.78 is 26.8. The Bertz CT molecular complexity index is 1110. The van der Waals surface area contributed by atoms with Gasteiger partial charge in [-0.1, -0.05) is 29.3 Å². The zero-order chi connectivity index (χ0) is 22.1. The molecule has 29 heavy (non-hydrogen) atoms. The van der Waals surface area contributed by atoms with Gasteiger partial charge in [-0.05, 0) is 24.6 Å². The van der Waals surface area contributed by atoms with E-state index in [1.54, 1.807) is 38.1 Å². The maximum atomic E-state index is 12.4. The minimum Gasteiger partial charge on any atom is -0.360 e. The Balaban J connectivity index is 2.33. The highest BCUT2D eigenvalue weighted by atomic mass is 35.5. The van der Waals surface area contributed by atoms with Crippen molar-refractivity contribution in [2.75, 3.05) is 38.4 Å². The summed E-state index contributed by atoms with van der Waals surface area (Å²) in [6.07, 6.45) is 0. The van der Waals surface area contributed by atoms with Crippen LogP contribution in [0.15, 0.2) is 27.9 Å². The van der Waals surface area contributed by atoms with Crippen molar-refractivity contribution < 1.29 is 13.2 Å². The number of aryl methyl sites for hydroxylation is 1. The van der Waals surface area contributed by atoms with Crippen LogP contribution in [0.5, 0.6) is 0 Å². The van der Waals surface area contributed by atoms with Gasteiger partial charge in [0.25, 0.3) is 5.56 Å². The van der Waals surface area contributed by atoms with Crippen LogP contribution < -0.4 is 15.8 Å². The number of halogens is 2. The molecule has 0 atom stereocenters. The summed E-state index contributed by atoms with van der Waals surface area (Å²) in [7, 11) is 2.49. The van der Waals surface area contributed by atoms with E-state index in [4.69, 9.17) is 23.2 Å². The zero-order valence-corrected chi connectivity index (χ0v) is 18.9. The number of benzene rings is 1. The van der Waals surface area contributed by atoms with Gasteiger partial charge in [0.15, 0.2) is 5.82 Å². The number of nitrogens with zero attached hydrogens (tertiary/aromatic N) is 4. The van der Waals surface area contributed by atoms with Gasteiger partial charge in [-0.3, -0.25) is 9.59 Å². The summed E-state index contributed by atoms with van der Waals surface area (Å²) in [6, 6.07) is 4.51. The van der Waals surface area contributed by atoms with Crippen LogP contribution in [0.25, 0.3) is 0 Å². The minimum absolute atomic E-state index is 0.00427. The molecule has 1 amide bonds. The first-order valence-corrected chi connectivity index (χ1v) is 10.5. The lowest BCUT2D eigenvalue weighted by atomic mass is 10.2. The molecule has 1 aromatic heterocycles. The van der Waals surface area contributed by atoms with Gasteiger partial charge >= 0.3 is 0 Å². The van der Waals surface area contributed by atoms with Gasteiger partial charge < -0.3 is 10.2 Å². The second-order valence-corrected chi connectivity index (χ2v) is 9.50. The smallest absolute Gasteiger partial charge is 0.287 e. The monoisotopic (exact) mass is 461 g/mol.